The topological polar surface area (TPSA) is 37.5 Å². The van der Waals surface area contributed by atoms with Crippen molar-refractivity contribution >= 4 is 21.4 Å². The Balaban J connectivity index is 2.93. The molecule has 0 aliphatic heterocycles. The van der Waals surface area contributed by atoms with Gasteiger partial charge in [-0.2, -0.15) is 5.10 Å². The summed E-state index contributed by atoms with van der Waals surface area (Å²) >= 11 is 3.36. The molecule has 0 saturated carbocycles. The molecule has 0 aliphatic rings. The number of halogens is 1. The van der Waals surface area contributed by atoms with Gasteiger partial charge in [0.1, 0.15) is 5.75 Å². The molecule has 0 spiro atoms. The van der Waals surface area contributed by atoms with E-state index in [1.165, 1.54) is 0 Å². The summed E-state index contributed by atoms with van der Waals surface area (Å²) in [6, 6.07) is 1.66. The second-order valence-electron chi connectivity index (χ2n) is 2.67. The SMILES string of the molecule is Cc1cnn2cc(O)cc(Br)c12. The quantitative estimate of drug-likeness (QED) is 0.748. The number of hydrogen-bond acceptors (Lipinski definition) is 2. The molecule has 12 heavy (non-hydrogen) atoms. The monoisotopic (exact) mass is 226 g/mol. The fourth-order valence-corrected chi connectivity index (χ4v) is 1.93. The van der Waals surface area contributed by atoms with Gasteiger partial charge in [-0.05, 0) is 34.5 Å². The van der Waals surface area contributed by atoms with Gasteiger partial charge in [0.2, 0.25) is 0 Å². The lowest BCUT2D eigenvalue weighted by Crippen LogP contribution is -1.86. The molecule has 3 nitrogen and oxygen atoms in total. The molecule has 2 rings (SSSR count). The molecule has 0 aliphatic carbocycles. The molecule has 2 aromatic rings. The van der Waals surface area contributed by atoms with Crippen LogP contribution < -0.4 is 0 Å². The van der Waals surface area contributed by atoms with Crippen molar-refractivity contribution in [2.24, 2.45) is 0 Å². The fraction of sp³-hybridized carbons (Fsp3) is 0.125. The van der Waals surface area contributed by atoms with Crippen molar-refractivity contribution in [1.82, 2.24) is 9.61 Å². The van der Waals surface area contributed by atoms with Crippen LogP contribution >= 0.6 is 15.9 Å². The minimum atomic E-state index is 0.206. The van der Waals surface area contributed by atoms with Crippen LogP contribution in [0.25, 0.3) is 5.52 Å². The fourth-order valence-electron chi connectivity index (χ4n) is 1.20. The highest BCUT2D eigenvalue weighted by Crippen LogP contribution is 2.24. The molecule has 62 valence electrons. The molecule has 0 unspecified atom stereocenters. The third-order valence-electron chi connectivity index (χ3n) is 1.73. The van der Waals surface area contributed by atoms with Crippen LogP contribution in [0.2, 0.25) is 0 Å². The van der Waals surface area contributed by atoms with E-state index < -0.39 is 0 Å². The van der Waals surface area contributed by atoms with Crippen molar-refractivity contribution < 1.29 is 5.11 Å². The van der Waals surface area contributed by atoms with Gasteiger partial charge in [-0.1, -0.05) is 0 Å². The maximum Gasteiger partial charge on any atom is 0.135 e. The molecular formula is C8H7BrN2O. The summed E-state index contributed by atoms with van der Waals surface area (Å²) < 4.78 is 2.51. The molecule has 0 atom stereocenters. The first-order valence-electron chi connectivity index (χ1n) is 3.51. The third kappa shape index (κ3) is 0.992. The minimum absolute atomic E-state index is 0.206. The molecule has 0 bridgehead atoms. The van der Waals surface area contributed by atoms with E-state index in [1.54, 1.807) is 23.0 Å². The molecule has 2 aromatic heterocycles. The molecule has 2 heterocycles. The highest BCUT2D eigenvalue weighted by molar-refractivity contribution is 9.10. The number of pyridine rings is 1. The van der Waals surface area contributed by atoms with E-state index in [1.807, 2.05) is 6.92 Å². The van der Waals surface area contributed by atoms with Gasteiger partial charge in [-0.25, -0.2) is 4.52 Å². The molecule has 0 fully saturated rings. The van der Waals surface area contributed by atoms with Crippen LogP contribution in [0.3, 0.4) is 0 Å². The highest BCUT2D eigenvalue weighted by atomic mass is 79.9. The van der Waals surface area contributed by atoms with E-state index in [4.69, 9.17) is 0 Å². The molecular weight excluding hydrogens is 220 g/mol. The van der Waals surface area contributed by atoms with Gasteiger partial charge in [0.05, 0.1) is 17.9 Å². The summed E-state index contributed by atoms with van der Waals surface area (Å²) in [5, 5.41) is 13.3. The van der Waals surface area contributed by atoms with Crippen LogP contribution in [-0.4, -0.2) is 14.7 Å². The number of nitrogens with zero attached hydrogens (tertiary/aromatic N) is 2. The van der Waals surface area contributed by atoms with E-state index in [0.717, 1.165) is 15.6 Å². The Morgan fingerprint density at radius 2 is 2.33 bits per heavy atom. The summed E-state index contributed by atoms with van der Waals surface area (Å²) in [7, 11) is 0. The first kappa shape index (κ1) is 7.61. The molecule has 0 saturated heterocycles. The van der Waals surface area contributed by atoms with Crippen LogP contribution in [0.5, 0.6) is 5.75 Å². The van der Waals surface area contributed by atoms with Crippen LogP contribution in [0.1, 0.15) is 5.56 Å². The second-order valence-corrected chi connectivity index (χ2v) is 3.52. The summed E-state index contributed by atoms with van der Waals surface area (Å²) in [5.41, 5.74) is 2.08. The van der Waals surface area contributed by atoms with E-state index in [2.05, 4.69) is 21.0 Å². The molecule has 0 amide bonds. The number of aromatic nitrogens is 2. The summed E-state index contributed by atoms with van der Waals surface area (Å²) in [4.78, 5) is 0. The lowest BCUT2D eigenvalue weighted by Gasteiger charge is -1.98. The van der Waals surface area contributed by atoms with Gasteiger partial charge in [-0.3, -0.25) is 0 Å². The van der Waals surface area contributed by atoms with E-state index in [-0.39, 0.29) is 5.75 Å². The Morgan fingerprint density at radius 3 is 3.08 bits per heavy atom. The number of rotatable bonds is 0. The number of hydrogen-bond donors (Lipinski definition) is 1. The zero-order valence-electron chi connectivity index (χ0n) is 6.45. The van der Waals surface area contributed by atoms with E-state index >= 15 is 0 Å². The van der Waals surface area contributed by atoms with Crippen molar-refractivity contribution in [1.29, 1.82) is 0 Å². The molecule has 4 heteroatoms. The normalized spacial score (nSPS) is 10.8. The minimum Gasteiger partial charge on any atom is -0.506 e. The Labute approximate surface area is 77.8 Å². The largest absolute Gasteiger partial charge is 0.506 e. The standard InChI is InChI=1S/C8H7BrN2O/c1-5-3-10-11-4-6(12)2-7(9)8(5)11/h2-4,12H,1H3. The average Bonchev–Trinajstić information content (AvgIpc) is 2.31. The van der Waals surface area contributed by atoms with Crippen molar-refractivity contribution in [3.05, 3.63) is 28.5 Å². The maximum atomic E-state index is 9.23. The Hall–Kier alpha value is -1.03. The van der Waals surface area contributed by atoms with Crippen molar-refractivity contribution in [3.63, 3.8) is 0 Å². The number of aryl methyl sites for hydroxylation is 1. The first-order chi connectivity index (χ1) is 5.68. The van der Waals surface area contributed by atoms with Crippen LogP contribution in [0.4, 0.5) is 0 Å². The highest BCUT2D eigenvalue weighted by Gasteiger charge is 2.04. The summed E-state index contributed by atoms with van der Waals surface area (Å²) in [6.07, 6.45) is 3.34. The predicted octanol–water partition coefficient (Wildman–Crippen LogP) is 2.11. The van der Waals surface area contributed by atoms with Gasteiger partial charge in [0.15, 0.2) is 0 Å². The predicted molar refractivity (Wildman–Crippen MR) is 49.3 cm³/mol. The zero-order valence-corrected chi connectivity index (χ0v) is 8.04. The lowest BCUT2D eigenvalue weighted by atomic mass is 10.3. The van der Waals surface area contributed by atoms with E-state index in [9.17, 15) is 5.11 Å². The van der Waals surface area contributed by atoms with Crippen LogP contribution in [0.15, 0.2) is 22.9 Å². The Bertz CT molecular complexity index is 436. The second kappa shape index (κ2) is 2.48. The number of fused-ring (bicyclic) bond motifs is 1. The van der Waals surface area contributed by atoms with Gasteiger partial charge in [0.25, 0.3) is 0 Å². The first-order valence-corrected chi connectivity index (χ1v) is 4.30. The third-order valence-corrected chi connectivity index (χ3v) is 2.34. The van der Waals surface area contributed by atoms with Gasteiger partial charge in [-0.15, -0.1) is 0 Å². The lowest BCUT2D eigenvalue weighted by molar-refractivity contribution is 0.470. The zero-order chi connectivity index (χ0) is 8.72. The van der Waals surface area contributed by atoms with Crippen molar-refractivity contribution in [2.75, 3.05) is 0 Å². The summed E-state index contributed by atoms with van der Waals surface area (Å²) in [5.74, 6) is 0.206. The van der Waals surface area contributed by atoms with Gasteiger partial charge >= 0.3 is 0 Å². The smallest absolute Gasteiger partial charge is 0.135 e. The van der Waals surface area contributed by atoms with E-state index in [0.29, 0.717) is 0 Å². The van der Waals surface area contributed by atoms with Crippen LogP contribution in [0, 0.1) is 6.92 Å². The van der Waals surface area contributed by atoms with Crippen molar-refractivity contribution in [3.8, 4) is 5.75 Å². The molecule has 0 aromatic carbocycles. The summed E-state index contributed by atoms with van der Waals surface area (Å²) in [6.45, 7) is 1.98. The maximum absolute atomic E-state index is 9.23. The van der Waals surface area contributed by atoms with Crippen molar-refractivity contribution in [2.45, 2.75) is 6.92 Å². The van der Waals surface area contributed by atoms with Gasteiger partial charge < -0.3 is 5.11 Å². The molecule has 0 radical (unpaired) electrons. The van der Waals surface area contributed by atoms with Crippen LogP contribution in [-0.2, 0) is 0 Å². The number of aromatic hydroxyl groups is 1. The average molecular weight is 227 g/mol. The Morgan fingerprint density at radius 1 is 1.58 bits per heavy atom. The Kier molecular flexibility index (Phi) is 1.58. The molecule has 1 N–H and O–H groups in total. The van der Waals surface area contributed by atoms with Gasteiger partial charge in [0, 0.05) is 4.47 Å².